The number of amides is 1. The molecule has 0 aliphatic carbocycles. The van der Waals surface area contributed by atoms with Crippen molar-refractivity contribution in [1.29, 1.82) is 0 Å². The summed E-state index contributed by atoms with van der Waals surface area (Å²) in [5.74, 6) is -0.0997. The molecular formula is C19H29N3O5S. The molecule has 1 aromatic carbocycles. The van der Waals surface area contributed by atoms with Crippen molar-refractivity contribution in [3.8, 4) is 0 Å². The highest BCUT2D eigenvalue weighted by molar-refractivity contribution is 7.89. The van der Waals surface area contributed by atoms with Gasteiger partial charge in [0.15, 0.2) is 0 Å². The van der Waals surface area contributed by atoms with Crippen LogP contribution in [0.25, 0.3) is 0 Å². The third kappa shape index (κ3) is 5.02. The van der Waals surface area contributed by atoms with E-state index in [-0.39, 0.29) is 10.8 Å². The van der Waals surface area contributed by atoms with Crippen molar-refractivity contribution < 1.29 is 22.7 Å². The van der Waals surface area contributed by atoms with Gasteiger partial charge in [-0.3, -0.25) is 4.79 Å². The molecule has 0 atom stereocenters. The maximum absolute atomic E-state index is 13.0. The van der Waals surface area contributed by atoms with Crippen LogP contribution in [0.3, 0.4) is 0 Å². The molecule has 0 saturated carbocycles. The lowest BCUT2D eigenvalue weighted by Gasteiger charge is -2.31. The number of hydrogen-bond acceptors (Lipinski definition) is 6. The summed E-state index contributed by atoms with van der Waals surface area (Å²) in [6.45, 7) is 6.12. The molecule has 2 heterocycles. The Hall–Kier alpha value is -1.68. The SMILES string of the molecule is CCCCC(=O)Nc1cc(S(=O)(=O)N2CCOCC2)ccc1N1CCOCC1. The number of morpholine rings is 2. The van der Waals surface area contributed by atoms with Crippen molar-refractivity contribution in [2.24, 2.45) is 0 Å². The smallest absolute Gasteiger partial charge is 0.243 e. The van der Waals surface area contributed by atoms with Crippen molar-refractivity contribution in [3.05, 3.63) is 18.2 Å². The Morgan fingerprint density at radius 3 is 2.36 bits per heavy atom. The molecule has 1 amide bonds. The molecule has 0 radical (unpaired) electrons. The summed E-state index contributed by atoms with van der Waals surface area (Å²) in [6.07, 6.45) is 2.14. The van der Waals surface area contributed by atoms with Crippen molar-refractivity contribution in [2.75, 3.05) is 62.8 Å². The van der Waals surface area contributed by atoms with Crippen LogP contribution in [0.15, 0.2) is 23.1 Å². The summed E-state index contributed by atoms with van der Waals surface area (Å²) in [6, 6.07) is 4.99. The third-order valence-corrected chi connectivity index (χ3v) is 6.85. The average Bonchev–Trinajstić information content (AvgIpc) is 2.73. The van der Waals surface area contributed by atoms with E-state index in [4.69, 9.17) is 9.47 Å². The van der Waals surface area contributed by atoms with Crippen LogP contribution < -0.4 is 10.2 Å². The van der Waals surface area contributed by atoms with Gasteiger partial charge in [-0.05, 0) is 24.6 Å². The van der Waals surface area contributed by atoms with Crippen molar-refractivity contribution in [3.63, 3.8) is 0 Å². The Labute approximate surface area is 166 Å². The van der Waals surface area contributed by atoms with Crippen molar-refractivity contribution in [1.82, 2.24) is 4.31 Å². The zero-order valence-electron chi connectivity index (χ0n) is 16.4. The number of carbonyl (C=O) groups is 1. The van der Waals surface area contributed by atoms with E-state index in [1.165, 1.54) is 4.31 Å². The molecule has 0 aromatic heterocycles. The molecule has 1 N–H and O–H groups in total. The van der Waals surface area contributed by atoms with Crippen LogP contribution in [-0.4, -0.2) is 71.2 Å². The molecule has 28 heavy (non-hydrogen) atoms. The molecule has 9 heteroatoms. The van der Waals surface area contributed by atoms with E-state index in [2.05, 4.69) is 10.2 Å². The number of nitrogens with zero attached hydrogens (tertiary/aromatic N) is 2. The highest BCUT2D eigenvalue weighted by Gasteiger charge is 2.28. The molecule has 0 bridgehead atoms. The van der Waals surface area contributed by atoms with Gasteiger partial charge >= 0.3 is 0 Å². The molecule has 3 rings (SSSR count). The first-order chi connectivity index (χ1) is 13.5. The van der Waals surface area contributed by atoms with E-state index in [1.807, 2.05) is 6.92 Å². The fourth-order valence-electron chi connectivity index (χ4n) is 3.34. The van der Waals surface area contributed by atoms with Crippen LogP contribution in [0.1, 0.15) is 26.2 Å². The maximum Gasteiger partial charge on any atom is 0.243 e. The first-order valence-corrected chi connectivity index (χ1v) is 11.3. The van der Waals surface area contributed by atoms with Crippen LogP contribution in [0, 0.1) is 0 Å². The lowest BCUT2D eigenvalue weighted by molar-refractivity contribution is -0.116. The molecule has 2 aliphatic heterocycles. The van der Waals surface area contributed by atoms with Crippen molar-refractivity contribution >= 4 is 27.3 Å². The summed E-state index contributed by atoms with van der Waals surface area (Å²) < 4.78 is 38.1. The summed E-state index contributed by atoms with van der Waals surface area (Å²) in [5.41, 5.74) is 1.37. The van der Waals surface area contributed by atoms with Gasteiger partial charge in [-0.25, -0.2) is 8.42 Å². The number of unbranched alkanes of at least 4 members (excludes halogenated alkanes) is 1. The highest BCUT2D eigenvalue weighted by Crippen LogP contribution is 2.31. The van der Waals surface area contributed by atoms with E-state index in [1.54, 1.807) is 18.2 Å². The Morgan fingerprint density at radius 1 is 1.07 bits per heavy atom. The number of anilines is 2. The molecular weight excluding hydrogens is 382 g/mol. The molecule has 1 aromatic rings. The van der Waals surface area contributed by atoms with Gasteiger partial charge in [-0.15, -0.1) is 0 Å². The minimum absolute atomic E-state index is 0.0997. The molecule has 0 spiro atoms. The third-order valence-electron chi connectivity index (χ3n) is 4.96. The highest BCUT2D eigenvalue weighted by atomic mass is 32.2. The molecule has 2 fully saturated rings. The normalized spacial score (nSPS) is 18.8. The lowest BCUT2D eigenvalue weighted by atomic mass is 10.2. The number of sulfonamides is 1. The molecule has 2 aliphatic rings. The van der Waals surface area contributed by atoms with E-state index < -0.39 is 10.0 Å². The first kappa shape index (κ1) is 21.0. The molecule has 156 valence electrons. The largest absolute Gasteiger partial charge is 0.379 e. The number of ether oxygens (including phenoxy) is 2. The molecule has 8 nitrogen and oxygen atoms in total. The van der Waals surface area contributed by atoms with Gasteiger partial charge < -0.3 is 19.7 Å². The van der Waals surface area contributed by atoms with Gasteiger partial charge in [0, 0.05) is 32.6 Å². The second kappa shape index (κ2) is 9.69. The van der Waals surface area contributed by atoms with E-state index in [0.29, 0.717) is 64.7 Å². The van der Waals surface area contributed by atoms with Crippen LogP contribution in [0.4, 0.5) is 11.4 Å². The standard InChI is InChI=1S/C19H29N3O5S/c1-2-3-4-19(23)20-17-15-16(28(24,25)22-9-13-27-14-10-22)5-6-18(17)21-7-11-26-12-8-21/h5-6,15H,2-4,7-14H2,1H3,(H,20,23). The van der Waals surface area contributed by atoms with Crippen LogP contribution in [0.5, 0.6) is 0 Å². The number of carbonyl (C=O) groups excluding carboxylic acids is 1. The van der Waals surface area contributed by atoms with Crippen LogP contribution in [0.2, 0.25) is 0 Å². The predicted molar refractivity (Wildman–Crippen MR) is 107 cm³/mol. The minimum atomic E-state index is -3.63. The van der Waals surface area contributed by atoms with Crippen LogP contribution in [-0.2, 0) is 24.3 Å². The average molecular weight is 412 g/mol. The molecule has 2 saturated heterocycles. The van der Waals surface area contributed by atoms with Gasteiger partial charge in [0.25, 0.3) is 0 Å². The van der Waals surface area contributed by atoms with Gasteiger partial charge in [0.05, 0.1) is 42.7 Å². The van der Waals surface area contributed by atoms with E-state index in [0.717, 1.165) is 18.5 Å². The zero-order chi connectivity index (χ0) is 20.0. The quantitative estimate of drug-likeness (QED) is 0.734. The monoisotopic (exact) mass is 411 g/mol. The summed E-state index contributed by atoms with van der Waals surface area (Å²) in [7, 11) is -3.63. The Balaban J connectivity index is 1.89. The van der Waals surface area contributed by atoms with Gasteiger partial charge in [-0.2, -0.15) is 4.31 Å². The van der Waals surface area contributed by atoms with Gasteiger partial charge in [-0.1, -0.05) is 13.3 Å². The Morgan fingerprint density at radius 2 is 1.71 bits per heavy atom. The van der Waals surface area contributed by atoms with E-state index >= 15 is 0 Å². The van der Waals surface area contributed by atoms with E-state index in [9.17, 15) is 13.2 Å². The zero-order valence-corrected chi connectivity index (χ0v) is 17.2. The van der Waals surface area contributed by atoms with Gasteiger partial charge in [0.1, 0.15) is 0 Å². The summed E-state index contributed by atoms with van der Waals surface area (Å²) in [4.78, 5) is 14.6. The number of nitrogens with one attached hydrogen (secondary N) is 1. The number of rotatable bonds is 7. The Bertz CT molecular complexity index is 772. The minimum Gasteiger partial charge on any atom is -0.379 e. The second-order valence-corrected chi connectivity index (χ2v) is 8.88. The Kier molecular flexibility index (Phi) is 7.28. The summed E-state index contributed by atoms with van der Waals surface area (Å²) in [5, 5.41) is 2.93. The van der Waals surface area contributed by atoms with Crippen LogP contribution >= 0.6 is 0 Å². The predicted octanol–water partition coefficient (Wildman–Crippen LogP) is 1.67. The fraction of sp³-hybridized carbons (Fsp3) is 0.632. The molecule has 0 unspecified atom stereocenters. The number of benzene rings is 1. The maximum atomic E-state index is 13.0. The van der Waals surface area contributed by atoms with Gasteiger partial charge in [0.2, 0.25) is 15.9 Å². The fourth-order valence-corrected chi connectivity index (χ4v) is 4.78. The number of hydrogen-bond donors (Lipinski definition) is 1. The second-order valence-electron chi connectivity index (χ2n) is 6.95. The van der Waals surface area contributed by atoms with Crippen molar-refractivity contribution in [2.45, 2.75) is 31.1 Å². The first-order valence-electron chi connectivity index (χ1n) is 9.87. The lowest BCUT2D eigenvalue weighted by Crippen LogP contribution is -2.40. The topological polar surface area (TPSA) is 88.2 Å². The summed E-state index contributed by atoms with van der Waals surface area (Å²) >= 11 is 0.